The molecular formula is C12H13BrClN3O3S. The quantitative estimate of drug-likeness (QED) is 0.789. The van der Waals surface area contributed by atoms with E-state index in [4.69, 9.17) is 16.0 Å². The highest BCUT2D eigenvalue weighted by atomic mass is 79.9. The maximum Gasteiger partial charge on any atom is 0.275 e. The molecule has 0 saturated heterocycles. The van der Waals surface area contributed by atoms with Crippen LogP contribution in [0.4, 0.5) is 5.69 Å². The molecule has 0 amide bonds. The van der Waals surface area contributed by atoms with E-state index >= 15 is 0 Å². The lowest BCUT2D eigenvalue weighted by Gasteiger charge is -2.08. The van der Waals surface area contributed by atoms with Crippen LogP contribution in [0.1, 0.15) is 5.76 Å². The number of anilines is 1. The molecule has 0 fully saturated rings. The maximum absolute atomic E-state index is 11.9. The molecule has 0 spiro atoms. The summed E-state index contributed by atoms with van der Waals surface area (Å²) in [7, 11) is -0.648. The Labute approximate surface area is 136 Å². The van der Waals surface area contributed by atoms with Gasteiger partial charge in [0.1, 0.15) is 10.9 Å². The van der Waals surface area contributed by atoms with Gasteiger partial charge >= 0.3 is 0 Å². The molecule has 0 atom stereocenters. The monoisotopic (exact) mass is 393 g/mol. The Bertz CT molecular complexity index is 746. The summed E-state index contributed by atoms with van der Waals surface area (Å²) in [6.45, 7) is 0.332. The SMILES string of the molecule is CN(C)S(=O)(=O)c1ccc(CNc2cnc(Cl)c(Br)c2)o1. The van der Waals surface area contributed by atoms with E-state index in [2.05, 4.69) is 26.2 Å². The van der Waals surface area contributed by atoms with Crippen molar-refractivity contribution >= 4 is 43.2 Å². The van der Waals surface area contributed by atoms with Gasteiger partial charge in [0.25, 0.3) is 10.0 Å². The minimum atomic E-state index is -3.55. The van der Waals surface area contributed by atoms with Crippen LogP contribution >= 0.6 is 27.5 Å². The lowest BCUT2D eigenvalue weighted by molar-refractivity contribution is 0.402. The number of sulfonamides is 1. The van der Waals surface area contributed by atoms with Gasteiger partial charge in [-0.25, -0.2) is 17.7 Å². The van der Waals surface area contributed by atoms with Crippen molar-refractivity contribution in [2.75, 3.05) is 19.4 Å². The molecule has 9 heteroatoms. The average Bonchev–Trinajstić information content (AvgIpc) is 2.89. The summed E-state index contributed by atoms with van der Waals surface area (Å²) in [5.74, 6) is 0.501. The van der Waals surface area contributed by atoms with E-state index < -0.39 is 10.0 Å². The first-order valence-corrected chi connectivity index (χ1v) is 8.48. The molecule has 0 unspecified atom stereocenters. The third kappa shape index (κ3) is 3.76. The van der Waals surface area contributed by atoms with Crippen LogP contribution in [0.5, 0.6) is 0 Å². The van der Waals surface area contributed by atoms with Gasteiger partial charge in [-0.1, -0.05) is 11.6 Å². The number of hydrogen-bond donors (Lipinski definition) is 1. The molecule has 114 valence electrons. The zero-order valence-corrected chi connectivity index (χ0v) is 14.5. The standard InChI is InChI=1S/C12H13BrClN3O3S/c1-17(2)21(18,19)11-4-3-9(20-11)7-15-8-5-10(13)12(14)16-6-8/h3-6,15H,7H2,1-2H3. The molecule has 21 heavy (non-hydrogen) atoms. The number of aromatic nitrogens is 1. The van der Waals surface area contributed by atoms with Crippen LogP contribution < -0.4 is 5.32 Å². The van der Waals surface area contributed by atoms with E-state index in [1.165, 1.54) is 20.2 Å². The van der Waals surface area contributed by atoms with E-state index in [1.807, 2.05) is 0 Å². The molecule has 2 rings (SSSR count). The lowest BCUT2D eigenvalue weighted by Crippen LogP contribution is -2.21. The van der Waals surface area contributed by atoms with Crippen molar-refractivity contribution in [2.24, 2.45) is 0 Å². The van der Waals surface area contributed by atoms with Crippen LogP contribution in [0.2, 0.25) is 5.15 Å². The molecule has 0 aliphatic rings. The van der Waals surface area contributed by atoms with Gasteiger partial charge in [-0.05, 0) is 34.1 Å². The Kier molecular flexibility index (Phi) is 4.92. The van der Waals surface area contributed by atoms with Crippen LogP contribution in [0.25, 0.3) is 0 Å². The average molecular weight is 395 g/mol. The highest BCUT2D eigenvalue weighted by Crippen LogP contribution is 2.23. The second kappa shape index (κ2) is 6.35. The number of nitrogens with zero attached hydrogens (tertiary/aromatic N) is 2. The summed E-state index contributed by atoms with van der Waals surface area (Å²) in [6, 6.07) is 4.82. The van der Waals surface area contributed by atoms with Crippen molar-refractivity contribution in [3.63, 3.8) is 0 Å². The van der Waals surface area contributed by atoms with E-state index in [0.29, 0.717) is 21.9 Å². The molecule has 2 aromatic rings. The summed E-state index contributed by atoms with van der Waals surface area (Å²) < 4.78 is 30.9. The molecule has 2 heterocycles. The second-order valence-corrected chi connectivity index (χ2v) is 7.65. The van der Waals surface area contributed by atoms with E-state index in [1.54, 1.807) is 18.3 Å². The lowest BCUT2D eigenvalue weighted by atomic mass is 10.4. The molecule has 0 bridgehead atoms. The summed E-state index contributed by atoms with van der Waals surface area (Å²) in [5.41, 5.74) is 0.736. The van der Waals surface area contributed by atoms with Crippen molar-refractivity contribution in [1.29, 1.82) is 0 Å². The first-order chi connectivity index (χ1) is 9.80. The molecule has 2 aromatic heterocycles. The van der Waals surface area contributed by atoms with E-state index in [0.717, 1.165) is 9.99 Å². The summed E-state index contributed by atoms with van der Waals surface area (Å²) in [4.78, 5) is 3.98. The van der Waals surface area contributed by atoms with Crippen LogP contribution in [-0.2, 0) is 16.6 Å². The fourth-order valence-corrected chi connectivity index (χ4v) is 2.74. The molecule has 6 nitrogen and oxygen atoms in total. The molecule has 0 aliphatic carbocycles. The van der Waals surface area contributed by atoms with Gasteiger partial charge < -0.3 is 9.73 Å². The molecular weight excluding hydrogens is 382 g/mol. The first kappa shape index (κ1) is 16.3. The second-order valence-electron chi connectivity index (χ2n) is 4.36. The Hall–Kier alpha value is -1.09. The smallest absolute Gasteiger partial charge is 0.275 e. The van der Waals surface area contributed by atoms with Gasteiger partial charge in [0.15, 0.2) is 0 Å². The van der Waals surface area contributed by atoms with Crippen LogP contribution in [0.3, 0.4) is 0 Å². The van der Waals surface area contributed by atoms with Gasteiger partial charge in [-0.3, -0.25) is 0 Å². The number of nitrogens with one attached hydrogen (secondary N) is 1. The Balaban J connectivity index is 2.08. The van der Waals surface area contributed by atoms with Crippen LogP contribution in [-0.4, -0.2) is 31.8 Å². The summed E-state index contributed by atoms with van der Waals surface area (Å²) in [5, 5.41) is 3.36. The highest BCUT2D eigenvalue weighted by molar-refractivity contribution is 9.10. The Morgan fingerprint density at radius 2 is 2.14 bits per heavy atom. The fourth-order valence-electron chi connectivity index (χ4n) is 1.48. The van der Waals surface area contributed by atoms with Gasteiger partial charge in [0, 0.05) is 14.1 Å². The van der Waals surface area contributed by atoms with Gasteiger partial charge in [-0.15, -0.1) is 0 Å². The first-order valence-electron chi connectivity index (χ1n) is 5.87. The van der Waals surface area contributed by atoms with Gasteiger partial charge in [0.05, 0.1) is 22.9 Å². The number of halogens is 2. The Morgan fingerprint density at radius 3 is 2.76 bits per heavy atom. The van der Waals surface area contributed by atoms with Crippen LogP contribution in [0.15, 0.2) is 38.4 Å². The normalized spacial score (nSPS) is 11.9. The van der Waals surface area contributed by atoms with Gasteiger partial charge in [-0.2, -0.15) is 0 Å². The molecule has 0 saturated carbocycles. The summed E-state index contributed by atoms with van der Waals surface area (Å²) >= 11 is 9.08. The highest BCUT2D eigenvalue weighted by Gasteiger charge is 2.21. The Morgan fingerprint density at radius 1 is 1.43 bits per heavy atom. The number of furan rings is 1. The molecule has 0 aliphatic heterocycles. The van der Waals surface area contributed by atoms with E-state index in [9.17, 15) is 8.42 Å². The minimum Gasteiger partial charge on any atom is -0.446 e. The van der Waals surface area contributed by atoms with Crippen molar-refractivity contribution < 1.29 is 12.8 Å². The van der Waals surface area contributed by atoms with Crippen molar-refractivity contribution in [2.45, 2.75) is 11.6 Å². The fraction of sp³-hybridized carbons (Fsp3) is 0.250. The summed E-state index contributed by atoms with van der Waals surface area (Å²) in [6.07, 6.45) is 1.58. The number of hydrogen-bond acceptors (Lipinski definition) is 5. The van der Waals surface area contributed by atoms with Gasteiger partial charge in [0.2, 0.25) is 5.09 Å². The van der Waals surface area contributed by atoms with Crippen molar-refractivity contribution in [1.82, 2.24) is 9.29 Å². The zero-order chi connectivity index (χ0) is 15.6. The van der Waals surface area contributed by atoms with E-state index in [-0.39, 0.29) is 5.09 Å². The maximum atomic E-state index is 11.9. The minimum absolute atomic E-state index is 0.0836. The van der Waals surface area contributed by atoms with Crippen LogP contribution in [0, 0.1) is 0 Å². The van der Waals surface area contributed by atoms with Crippen molar-refractivity contribution in [3.05, 3.63) is 39.8 Å². The van der Waals surface area contributed by atoms with Crippen molar-refractivity contribution in [3.8, 4) is 0 Å². The third-order valence-electron chi connectivity index (χ3n) is 2.63. The number of pyridine rings is 1. The molecule has 0 radical (unpaired) electrons. The zero-order valence-electron chi connectivity index (χ0n) is 11.3. The topological polar surface area (TPSA) is 75.4 Å². The molecule has 0 aromatic carbocycles. The molecule has 1 N–H and O–H groups in total. The predicted molar refractivity (Wildman–Crippen MR) is 83.9 cm³/mol. The number of rotatable bonds is 5. The largest absolute Gasteiger partial charge is 0.446 e. The predicted octanol–water partition coefficient (Wildman–Crippen LogP) is 2.95. The third-order valence-corrected chi connectivity index (χ3v) is 5.46.